The van der Waals surface area contributed by atoms with Crippen molar-refractivity contribution in [1.82, 2.24) is 0 Å². The molecule has 1 aromatic heterocycles. The van der Waals surface area contributed by atoms with E-state index in [9.17, 15) is 4.79 Å². The van der Waals surface area contributed by atoms with E-state index in [1.165, 1.54) is 0 Å². The van der Waals surface area contributed by atoms with E-state index < -0.39 is 0 Å². The first-order valence-corrected chi connectivity index (χ1v) is 6.17. The second-order valence-electron chi connectivity index (χ2n) is 2.88. The lowest BCUT2D eigenvalue weighted by Gasteiger charge is -2.00. The van der Waals surface area contributed by atoms with Crippen LogP contribution in [0.25, 0.3) is 10.1 Å². The molecule has 14 heavy (non-hydrogen) atoms. The largest absolute Gasteiger partial charge is 0.298 e. The van der Waals surface area contributed by atoms with Crippen LogP contribution in [0.3, 0.4) is 0 Å². The molecule has 0 saturated heterocycles. The molecular formula is C10H6BrClOS. The second kappa shape index (κ2) is 4.01. The number of hydrogen-bond donors (Lipinski definition) is 0. The third-order valence-corrected chi connectivity index (χ3v) is 4.25. The van der Waals surface area contributed by atoms with E-state index in [0.717, 1.165) is 26.4 Å². The number of carbonyl (C=O) groups excluding carboxylic acids is 1. The van der Waals surface area contributed by atoms with Gasteiger partial charge >= 0.3 is 0 Å². The molecule has 0 aliphatic rings. The molecule has 1 heterocycles. The minimum atomic E-state index is 0.367. The fourth-order valence-corrected chi connectivity index (χ4v) is 3.15. The van der Waals surface area contributed by atoms with Gasteiger partial charge in [0.2, 0.25) is 0 Å². The van der Waals surface area contributed by atoms with Crippen molar-refractivity contribution in [1.29, 1.82) is 0 Å². The van der Waals surface area contributed by atoms with E-state index in [4.69, 9.17) is 11.6 Å². The lowest BCUT2D eigenvalue weighted by atomic mass is 10.1. The van der Waals surface area contributed by atoms with Crippen LogP contribution in [0.5, 0.6) is 0 Å². The Morgan fingerprint density at radius 2 is 2.29 bits per heavy atom. The summed E-state index contributed by atoms with van der Waals surface area (Å²) >= 11 is 10.8. The number of thiophene rings is 1. The van der Waals surface area contributed by atoms with Crippen LogP contribution >= 0.6 is 38.9 Å². The number of aldehydes is 1. The van der Waals surface area contributed by atoms with Gasteiger partial charge in [-0.2, -0.15) is 0 Å². The first-order chi connectivity index (χ1) is 6.76. The molecule has 0 aliphatic heterocycles. The van der Waals surface area contributed by atoms with Crippen LogP contribution in [0.15, 0.2) is 22.0 Å². The maximum atomic E-state index is 10.8. The SMILES string of the molecule is O=Cc1cc2scc(Br)c2cc1CCl. The van der Waals surface area contributed by atoms with Crippen LogP contribution in [0, 0.1) is 0 Å². The average molecular weight is 290 g/mol. The minimum Gasteiger partial charge on any atom is -0.298 e. The van der Waals surface area contributed by atoms with Crippen molar-refractivity contribution >= 4 is 55.2 Å². The number of benzene rings is 1. The Kier molecular flexibility index (Phi) is 2.91. The Morgan fingerprint density at radius 3 is 2.93 bits per heavy atom. The second-order valence-corrected chi connectivity index (χ2v) is 4.92. The molecule has 0 amide bonds. The van der Waals surface area contributed by atoms with Crippen LogP contribution in [-0.2, 0) is 5.88 Å². The van der Waals surface area contributed by atoms with E-state index >= 15 is 0 Å². The molecule has 2 aromatic rings. The zero-order chi connectivity index (χ0) is 10.1. The quantitative estimate of drug-likeness (QED) is 0.598. The van der Waals surface area contributed by atoms with Crippen molar-refractivity contribution in [3.63, 3.8) is 0 Å². The summed E-state index contributed by atoms with van der Waals surface area (Å²) in [5.74, 6) is 0.367. The van der Waals surface area contributed by atoms with Gasteiger partial charge in [0.1, 0.15) is 6.29 Å². The summed E-state index contributed by atoms with van der Waals surface area (Å²) in [6.07, 6.45) is 0.852. The van der Waals surface area contributed by atoms with Crippen molar-refractivity contribution in [3.8, 4) is 0 Å². The molecule has 0 atom stereocenters. The van der Waals surface area contributed by atoms with Crippen LogP contribution in [-0.4, -0.2) is 6.29 Å². The third kappa shape index (κ3) is 1.60. The van der Waals surface area contributed by atoms with Crippen LogP contribution in [0.1, 0.15) is 15.9 Å². The maximum absolute atomic E-state index is 10.8. The number of alkyl halides is 1. The lowest BCUT2D eigenvalue weighted by molar-refractivity contribution is 0.112. The minimum absolute atomic E-state index is 0.367. The van der Waals surface area contributed by atoms with Crippen LogP contribution in [0.4, 0.5) is 0 Å². The van der Waals surface area contributed by atoms with Gasteiger partial charge in [-0.3, -0.25) is 4.79 Å². The van der Waals surface area contributed by atoms with Crippen LogP contribution < -0.4 is 0 Å². The Hall–Kier alpha value is -0.380. The highest BCUT2D eigenvalue weighted by molar-refractivity contribution is 9.10. The summed E-state index contributed by atoms with van der Waals surface area (Å²) < 4.78 is 2.16. The van der Waals surface area contributed by atoms with Gasteiger partial charge in [-0.05, 0) is 33.6 Å². The highest BCUT2D eigenvalue weighted by Crippen LogP contribution is 2.32. The number of carbonyl (C=O) groups is 1. The van der Waals surface area contributed by atoms with Gasteiger partial charge in [0, 0.05) is 31.4 Å². The van der Waals surface area contributed by atoms with Crippen molar-refractivity contribution in [2.24, 2.45) is 0 Å². The molecule has 72 valence electrons. The van der Waals surface area contributed by atoms with Crippen molar-refractivity contribution < 1.29 is 4.79 Å². The Morgan fingerprint density at radius 1 is 1.50 bits per heavy atom. The smallest absolute Gasteiger partial charge is 0.150 e. The first-order valence-electron chi connectivity index (χ1n) is 3.97. The van der Waals surface area contributed by atoms with Gasteiger partial charge in [-0.15, -0.1) is 22.9 Å². The average Bonchev–Trinajstić information content (AvgIpc) is 2.58. The number of rotatable bonds is 2. The summed E-state index contributed by atoms with van der Waals surface area (Å²) in [6, 6.07) is 3.85. The lowest BCUT2D eigenvalue weighted by Crippen LogP contribution is -1.88. The molecular weight excluding hydrogens is 284 g/mol. The van der Waals surface area contributed by atoms with E-state index in [1.54, 1.807) is 11.3 Å². The topological polar surface area (TPSA) is 17.1 Å². The first kappa shape index (κ1) is 10.1. The van der Waals surface area contributed by atoms with Gasteiger partial charge in [-0.1, -0.05) is 0 Å². The predicted octanol–water partition coefficient (Wildman–Crippen LogP) is 4.22. The van der Waals surface area contributed by atoms with Gasteiger partial charge in [0.05, 0.1) is 0 Å². The molecule has 1 aromatic carbocycles. The molecule has 0 unspecified atom stereocenters. The summed E-state index contributed by atoms with van der Waals surface area (Å²) in [5.41, 5.74) is 1.56. The standard InChI is InChI=1S/C10H6BrClOS/c11-9-5-14-10-2-7(4-13)6(3-12)1-8(9)10/h1-2,4-5H,3H2. The fraction of sp³-hybridized carbons (Fsp3) is 0.100. The van der Waals surface area contributed by atoms with Gasteiger partial charge in [0.15, 0.2) is 0 Å². The highest BCUT2D eigenvalue weighted by atomic mass is 79.9. The predicted molar refractivity (Wildman–Crippen MR) is 64.5 cm³/mol. The molecule has 2 rings (SSSR count). The number of fused-ring (bicyclic) bond motifs is 1. The Bertz CT molecular complexity index is 492. The highest BCUT2D eigenvalue weighted by Gasteiger charge is 2.07. The summed E-state index contributed by atoms with van der Waals surface area (Å²) in [7, 11) is 0. The monoisotopic (exact) mass is 288 g/mol. The molecule has 0 aliphatic carbocycles. The number of hydrogen-bond acceptors (Lipinski definition) is 2. The fourth-order valence-electron chi connectivity index (χ4n) is 1.33. The maximum Gasteiger partial charge on any atom is 0.150 e. The molecule has 0 saturated carbocycles. The summed E-state index contributed by atoms with van der Waals surface area (Å²) in [4.78, 5) is 10.8. The van der Waals surface area contributed by atoms with E-state index in [1.807, 2.05) is 17.5 Å². The van der Waals surface area contributed by atoms with Crippen molar-refractivity contribution in [2.45, 2.75) is 5.88 Å². The molecule has 1 nitrogen and oxygen atoms in total. The Balaban J connectivity index is 2.77. The molecule has 0 N–H and O–H groups in total. The van der Waals surface area contributed by atoms with Gasteiger partial charge in [-0.25, -0.2) is 0 Å². The summed E-state index contributed by atoms with van der Waals surface area (Å²) in [5, 5.41) is 3.13. The molecule has 4 heteroatoms. The van der Waals surface area contributed by atoms with Crippen LogP contribution in [0.2, 0.25) is 0 Å². The zero-order valence-corrected chi connectivity index (χ0v) is 10.2. The molecule has 0 radical (unpaired) electrons. The van der Waals surface area contributed by atoms with Crippen molar-refractivity contribution in [2.75, 3.05) is 0 Å². The Labute approximate surface area is 98.8 Å². The molecule has 0 fully saturated rings. The van der Waals surface area contributed by atoms with E-state index in [0.29, 0.717) is 11.4 Å². The van der Waals surface area contributed by atoms with Gasteiger partial charge < -0.3 is 0 Å². The van der Waals surface area contributed by atoms with Gasteiger partial charge in [0.25, 0.3) is 0 Å². The van der Waals surface area contributed by atoms with E-state index in [2.05, 4.69) is 15.9 Å². The molecule has 0 bridgehead atoms. The third-order valence-electron chi connectivity index (χ3n) is 2.06. The molecule has 0 spiro atoms. The van der Waals surface area contributed by atoms with E-state index in [-0.39, 0.29) is 0 Å². The summed E-state index contributed by atoms with van der Waals surface area (Å²) in [6.45, 7) is 0. The van der Waals surface area contributed by atoms with Crippen molar-refractivity contribution in [3.05, 3.63) is 33.1 Å². The normalized spacial score (nSPS) is 10.7. The zero-order valence-electron chi connectivity index (χ0n) is 7.09. The number of halogens is 2.